The first-order chi connectivity index (χ1) is 14.7. The molecule has 1 heterocycles. The molecule has 1 N–H and O–H groups in total. The van der Waals surface area contributed by atoms with Crippen LogP contribution in [0.1, 0.15) is 55.3 Å². The molecule has 0 saturated heterocycles. The molecule has 2 aromatic carbocycles. The van der Waals surface area contributed by atoms with Crippen LogP contribution in [-0.2, 0) is 13.0 Å². The van der Waals surface area contributed by atoms with Crippen LogP contribution >= 0.6 is 0 Å². The number of carbonyl (C=O) groups is 1. The Hall–Kier alpha value is -3.21. The van der Waals surface area contributed by atoms with Gasteiger partial charge in [-0.25, -0.2) is 0 Å². The molecular weight excluding hydrogens is 390 g/mol. The average molecular weight is 422 g/mol. The Morgan fingerprint density at radius 1 is 0.839 bits per heavy atom. The third-order valence-corrected chi connectivity index (χ3v) is 6.26. The molecule has 164 valence electrons. The first-order valence-corrected chi connectivity index (χ1v) is 10.4. The first-order valence-electron chi connectivity index (χ1n) is 10.4. The van der Waals surface area contributed by atoms with Crippen molar-refractivity contribution in [1.29, 1.82) is 0 Å². The monoisotopic (exact) mass is 421 g/mol. The van der Waals surface area contributed by atoms with Crippen LogP contribution in [-0.4, -0.2) is 20.1 Å². The minimum absolute atomic E-state index is 0.252. The van der Waals surface area contributed by atoms with Crippen LogP contribution in [0.25, 0.3) is 0 Å². The molecule has 5 nitrogen and oxygen atoms in total. The molecule has 0 bridgehead atoms. The highest BCUT2D eigenvalue weighted by Crippen LogP contribution is 2.28. The molecule has 5 heteroatoms. The van der Waals surface area contributed by atoms with Gasteiger partial charge in [-0.3, -0.25) is 4.79 Å². The molecule has 0 unspecified atom stereocenters. The van der Waals surface area contributed by atoms with Crippen LogP contribution < -0.4 is 14.8 Å². The highest BCUT2D eigenvalue weighted by Gasteiger charge is 2.16. The van der Waals surface area contributed by atoms with E-state index in [2.05, 4.69) is 39.9 Å². The van der Waals surface area contributed by atoms with Crippen molar-refractivity contribution in [3.63, 3.8) is 0 Å². The van der Waals surface area contributed by atoms with Gasteiger partial charge in [0.25, 0.3) is 5.91 Å². The first kappa shape index (κ1) is 22.5. The van der Waals surface area contributed by atoms with E-state index in [9.17, 15) is 4.79 Å². The summed E-state index contributed by atoms with van der Waals surface area (Å²) >= 11 is 0. The van der Waals surface area contributed by atoms with Crippen molar-refractivity contribution >= 4 is 5.91 Å². The number of hydrogen-bond acceptors (Lipinski definition) is 4. The van der Waals surface area contributed by atoms with E-state index in [-0.39, 0.29) is 5.91 Å². The number of benzene rings is 2. The van der Waals surface area contributed by atoms with E-state index in [1.165, 1.54) is 33.4 Å². The Balaban J connectivity index is 1.73. The lowest BCUT2D eigenvalue weighted by molar-refractivity contribution is 0.0921. The van der Waals surface area contributed by atoms with Crippen molar-refractivity contribution < 1.29 is 18.7 Å². The van der Waals surface area contributed by atoms with Crippen LogP contribution in [0.3, 0.4) is 0 Å². The zero-order valence-electron chi connectivity index (χ0n) is 19.4. The summed E-state index contributed by atoms with van der Waals surface area (Å²) in [6.45, 7) is 11.1. The van der Waals surface area contributed by atoms with Crippen LogP contribution in [0.15, 0.2) is 34.7 Å². The Kier molecular flexibility index (Phi) is 6.74. The highest BCUT2D eigenvalue weighted by molar-refractivity contribution is 5.91. The van der Waals surface area contributed by atoms with Crippen molar-refractivity contribution in [3.05, 3.63) is 80.8 Å². The summed E-state index contributed by atoms with van der Waals surface area (Å²) in [6.07, 6.45) is 0.667. The molecule has 1 amide bonds. The highest BCUT2D eigenvalue weighted by atomic mass is 16.5. The maximum Gasteiger partial charge on any atom is 0.287 e. The fourth-order valence-corrected chi connectivity index (χ4v) is 3.85. The predicted octanol–water partition coefficient (Wildman–Crippen LogP) is 5.36. The van der Waals surface area contributed by atoms with E-state index in [0.29, 0.717) is 30.2 Å². The van der Waals surface area contributed by atoms with E-state index < -0.39 is 0 Å². The van der Waals surface area contributed by atoms with Gasteiger partial charge in [0.05, 0.1) is 14.2 Å². The predicted molar refractivity (Wildman–Crippen MR) is 122 cm³/mol. The Morgan fingerprint density at radius 3 is 1.94 bits per heavy atom. The fraction of sp³-hybridized carbons (Fsp3) is 0.346. The molecule has 0 fully saturated rings. The maximum atomic E-state index is 12.6. The van der Waals surface area contributed by atoms with E-state index in [4.69, 9.17) is 13.9 Å². The second-order valence-corrected chi connectivity index (χ2v) is 7.95. The number of nitrogens with one attached hydrogen (secondary N) is 1. The number of rotatable bonds is 7. The van der Waals surface area contributed by atoms with Crippen LogP contribution in [0.4, 0.5) is 0 Å². The molecule has 0 spiro atoms. The minimum Gasteiger partial charge on any atom is -0.497 e. The molecule has 3 rings (SSSR count). The lowest BCUT2D eigenvalue weighted by atomic mass is 9.88. The van der Waals surface area contributed by atoms with Gasteiger partial charge in [-0.05, 0) is 97.8 Å². The largest absolute Gasteiger partial charge is 0.497 e. The lowest BCUT2D eigenvalue weighted by Gasteiger charge is -2.18. The SMILES string of the molecule is COc1cc(CNC(=O)c2ccc(Cc3c(C)c(C)c(C)c(C)c3C)o2)cc(OC)c1. The molecular formula is C26H31NO4. The standard InChI is InChI=1S/C26H31NO4/c1-15-16(2)18(4)24(19(5)17(15)3)13-21-8-9-25(31-21)26(28)27-14-20-10-22(29-6)12-23(11-20)30-7/h8-12H,13-14H2,1-7H3,(H,27,28). The molecule has 0 radical (unpaired) electrons. The zero-order chi connectivity index (χ0) is 22.7. The molecule has 1 aromatic heterocycles. The minimum atomic E-state index is -0.252. The number of methoxy groups -OCH3 is 2. The normalized spacial score (nSPS) is 10.8. The number of furan rings is 1. The van der Waals surface area contributed by atoms with Gasteiger partial charge in [-0.2, -0.15) is 0 Å². The molecule has 0 saturated carbocycles. The molecule has 0 atom stereocenters. The van der Waals surface area contributed by atoms with Gasteiger partial charge in [0.1, 0.15) is 17.3 Å². The smallest absolute Gasteiger partial charge is 0.287 e. The van der Waals surface area contributed by atoms with E-state index in [0.717, 1.165) is 11.3 Å². The summed E-state index contributed by atoms with van der Waals surface area (Å²) in [5.74, 6) is 2.19. The lowest BCUT2D eigenvalue weighted by Crippen LogP contribution is -2.22. The summed E-state index contributed by atoms with van der Waals surface area (Å²) < 4.78 is 16.4. The second kappa shape index (κ2) is 9.29. The number of ether oxygens (including phenoxy) is 2. The van der Waals surface area contributed by atoms with Crippen molar-refractivity contribution in [2.24, 2.45) is 0 Å². The van der Waals surface area contributed by atoms with Gasteiger partial charge in [0, 0.05) is 19.0 Å². The molecule has 0 aliphatic carbocycles. The average Bonchev–Trinajstić information content (AvgIpc) is 3.26. The molecule has 31 heavy (non-hydrogen) atoms. The van der Waals surface area contributed by atoms with Crippen LogP contribution in [0.2, 0.25) is 0 Å². The van der Waals surface area contributed by atoms with Gasteiger partial charge < -0.3 is 19.2 Å². The second-order valence-electron chi connectivity index (χ2n) is 7.95. The van der Waals surface area contributed by atoms with Crippen molar-refractivity contribution in [3.8, 4) is 11.5 Å². The van der Waals surface area contributed by atoms with Crippen LogP contribution in [0, 0.1) is 34.6 Å². The summed E-state index contributed by atoms with van der Waals surface area (Å²) in [4.78, 5) is 12.6. The van der Waals surface area contributed by atoms with Crippen LogP contribution in [0.5, 0.6) is 11.5 Å². The van der Waals surface area contributed by atoms with Gasteiger partial charge in [0.2, 0.25) is 0 Å². The quantitative estimate of drug-likeness (QED) is 0.558. The zero-order valence-corrected chi connectivity index (χ0v) is 19.4. The van der Waals surface area contributed by atoms with Gasteiger partial charge in [-0.1, -0.05) is 0 Å². The fourth-order valence-electron chi connectivity index (χ4n) is 3.85. The van der Waals surface area contributed by atoms with Gasteiger partial charge in [-0.15, -0.1) is 0 Å². The Morgan fingerprint density at radius 2 is 1.39 bits per heavy atom. The molecule has 0 aliphatic heterocycles. The van der Waals surface area contributed by atoms with E-state index >= 15 is 0 Å². The summed E-state index contributed by atoms with van der Waals surface area (Å²) in [5, 5.41) is 2.90. The molecule has 0 aliphatic rings. The van der Waals surface area contributed by atoms with Crippen molar-refractivity contribution in [2.75, 3.05) is 14.2 Å². The summed E-state index contributed by atoms with van der Waals surface area (Å²) in [7, 11) is 3.20. The Labute approximate surface area is 184 Å². The van der Waals surface area contributed by atoms with E-state index in [1.807, 2.05) is 18.2 Å². The van der Waals surface area contributed by atoms with E-state index in [1.54, 1.807) is 26.4 Å². The van der Waals surface area contributed by atoms with Gasteiger partial charge >= 0.3 is 0 Å². The number of amides is 1. The third kappa shape index (κ3) is 4.76. The number of carbonyl (C=O) groups excluding carboxylic acids is 1. The molecule has 3 aromatic rings. The van der Waals surface area contributed by atoms with Gasteiger partial charge in [0.15, 0.2) is 5.76 Å². The summed E-state index contributed by atoms with van der Waals surface area (Å²) in [5.41, 5.74) is 8.70. The topological polar surface area (TPSA) is 60.7 Å². The van der Waals surface area contributed by atoms with Crippen molar-refractivity contribution in [2.45, 2.75) is 47.6 Å². The Bertz CT molecular complexity index is 1060. The number of hydrogen-bond donors (Lipinski definition) is 1. The van der Waals surface area contributed by atoms with Crippen molar-refractivity contribution in [1.82, 2.24) is 5.32 Å². The third-order valence-electron chi connectivity index (χ3n) is 6.26. The maximum absolute atomic E-state index is 12.6. The summed E-state index contributed by atoms with van der Waals surface area (Å²) in [6, 6.07) is 9.14.